The molecule has 1 aliphatic carbocycles. The van der Waals surface area contributed by atoms with Crippen molar-refractivity contribution in [2.24, 2.45) is 5.41 Å². The maximum atomic E-state index is 12.6. The molecule has 0 spiro atoms. The average Bonchev–Trinajstić information content (AvgIpc) is 2.53. The summed E-state index contributed by atoms with van der Waals surface area (Å²) in [6.07, 6.45) is 7.44. The molecule has 1 aromatic rings. The van der Waals surface area contributed by atoms with E-state index < -0.39 is 0 Å². The van der Waals surface area contributed by atoms with Gasteiger partial charge in [-0.2, -0.15) is 0 Å². The molecule has 3 heteroatoms. The summed E-state index contributed by atoms with van der Waals surface area (Å²) < 4.78 is 0. The van der Waals surface area contributed by atoms with Crippen molar-refractivity contribution in [2.45, 2.75) is 51.5 Å². The van der Waals surface area contributed by atoms with Gasteiger partial charge in [0.1, 0.15) is 6.04 Å². The van der Waals surface area contributed by atoms with E-state index >= 15 is 0 Å². The third-order valence-electron chi connectivity index (χ3n) is 5.12. The van der Waals surface area contributed by atoms with Crippen LogP contribution in [0.15, 0.2) is 24.3 Å². The summed E-state index contributed by atoms with van der Waals surface area (Å²) >= 11 is 0. The van der Waals surface area contributed by atoms with Gasteiger partial charge in [0, 0.05) is 13.1 Å². The van der Waals surface area contributed by atoms with Gasteiger partial charge in [-0.05, 0) is 35.8 Å². The third-order valence-corrected chi connectivity index (χ3v) is 5.12. The summed E-state index contributed by atoms with van der Waals surface area (Å²) in [5.74, 6) is 0.133. The maximum absolute atomic E-state index is 12.6. The van der Waals surface area contributed by atoms with Gasteiger partial charge in [-0.1, -0.05) is 50.5 Å². The molecule has 3 rings (SSSR count). The number of fused-ring (bicyclic) bond motifs is 1. The molecule has 0 saturated heterocycles. The summed E-state index contributed by atoms with van der Waals surface area (Å²) in [4.78, 5) is 12.6. The van der Waals surface area contributed by atoms with Crippen LogP contribution in [0.25, 0.3) is 0 Å². The molecule has 1 amide bonds. The highest BCUT2D eigenvalue weighted by Gasteiger charge is 2.30. The van der Waals surface area contributed by atoms with Crippen LogP contribution in [0, 0.1) is 5.41 Å². The van der Waals surface area contributed by atoms with Gasteiger partial charge in [0.2, 0.25) is 5.91 Å². The minimum Gasteiger partial charge on any atom is -0.354 e. The summed E-state index contributed by atoms with van der Waals surface area (Å²) in [5.41, 5.74) is 2.75. The summed E-state index contributed by atoms with van der Waals surface area (Å²) in [6, 6.07) is 8.12. The van der Waals surface area contributed by atoms with Crippen LogP contribution in [-0.4, -0.2) is 19.0 Å². The molecule has 2 aliphatic rings. The van der Waals surface area contributed by atoms with Crippen LogP contribution in [0.4, 0.5) is 0 Å². The molecule has 21 heavy (non-hydrogen) atoms. The molecule has 3 nitrogen and oxygen atoms in total. The van der Waals surface area contributed by atoms with Crippen LogP contribution >= 0.6 is 0 Å². The highest BCUT2D eigenvalue weighted by molar-refractivity contribution is 5.84. The fourth-order valence-electron chi connectivity index (χ4n) is 3.72. The van der Waals surface area contributed by atoms with E-state index in [-0.39, 0.29) is 11.9 Å². The first-order valence-electron chi connectivity index (χ1n) is 8.27. The number of benzene rings is 1. The van der Waals surface area contributed by atoms with Gasteiger partial charge in [-0.15, -0.1) is 0 Å². The Bertz CT molecular complexity index is 506. The Hall–Kier alpha value is -1.35. The minimum atomic E-state index is -0.179. The Balaban J connectivity index is 1.64. The summed E-state index contributed by atoms with van der Waals surface area (Å²) in [5, 5.41) is 6.57. The smallest absolute Gasteiger partial charge is 0.241 e. The molecule has 114 valence electrons. The molecule has 1 heterocycles. The fourth-order valence-corrected chi connectivity index (χ4v) is 3.72. The molecule has 1 aliphatic heterocycles. The zero-order valence-electron chi connectivity index (χ0n) is 13.0. The molecular formula is C18H26N2O. The zero-order chi connectivity index (χ0) is 14.7. The predicted octanol–water partition coefficient (Wildman–Crippen LogP) is 2.96. The van der Waals surface area contributed by atoms with Gasteiger partial charge in [-0.25, -0.2) is 0 Å². The molecule has 0 radical (unpaired) electrons. The predicted molar refractivity (Wildman–Crippen MR) is 85.1 cm³/mol. The lowest BCUT2D eigenvalue weighted by atomic mass is 9.75. The van der Waals surface area contributed by atoms with E-state index in [2.05, 4.69) is 35.8 Å². The van der Waals surface area contributed by atoms with Crippen molar-refractivity contribution in [3.05, 3.63) is 35.4 Å². The molecular weight excluding hydrogens is 260 g/mol. The second-order valence-corrected chi connectivity index (χ2v) is 6.93. The van der Waals surface area contributed by atoms with Gasteiger partial charge in [-0.3, -0.25) is 4.79 Å². The Kier molecular flexibility index (Phi) is 4.29. The normalized spacial score (nSPS) is 24.1. The topological polar surface area (TPSA) is 41.1 Å². The highest BCUT2D eigenvalue weighted by atomic mass is 16.2. The van der Waals surface area contributed by atoms with Gasteiger partial charge < -0.3 is 10.6 Å². The molecule has 2 N–H and O–H groups in total. The van der Waals surface area contributed by atoms with Crippen molar-refractivity contribution in [3.8, 4) is 0 Å². The van der Waals surface area contributed by atoms with E-state index in [4.69, 9.17) is 0 Å². The van der Waals surface area contributed by atoms with Crippen molar-refractivity contribution in [1.29, 1.82) is 0 Å². The molecule has 0 bridgehead atoms. The van der Waals surface area contributed by atoms with Crippen molar-refractivity contribution >= 4 is 5.91 Å². The molecule has 1 unspecified atom stereocenters. The molecule has 0 aromatic heterocycles. The Morgan fingerprint density at radius 1 is 1.29 bits per heavy atom. The fraction of sp³-hybridized carbons (Fsp3) is 0.611. The van der Waals surface area contributed by atoms with E-state index in [1.165, 1.54) is 37.7 Å². The Labute approximate surface area is 127 Å². The van der Waals surface area contributed by atoms with Crippen LogP contribution in [0.2, 0.25) is 0 Å². The number of carbonyl (C=O) groups excluding carboxylic acids is 1. The minimum absolute atomic E-state index is 0.133. The van der Waals surface area contributed by atoms with Gasteiger partial charge >= 0.3 is 0 Å². The van der Waals surface area contributed by atoms with Crippen LogP contribution in [-0.2, 0) is 11.2 Å². The number of rotatable bonds is 3. The van der Waals surface area contributed by atoms with Crippen molar-refractivity contribution < 1.29 is 4.79 Å². The van der Waals surface area contributed by atoms with E-state index in [9.17, 15) is 4.79 Å². The standard InChI is InChI=1S/C18H26N2O/c1-18(10-5-2-6-11-18)13-20-17(21)16-15-8-4-3-7-14(15)9-12-19-16/h3-4,7-8,16,19H,2,5-6,9-13H2,1H3,(H,20,21). The largest absolute Gasteiger partial charge is 0.354 e. The van der Waals surface area contributed by atoms with Gasteiger partial charge in [0.15, 0.2) is 0 Å². The van der Waals surface area contributed by atoms with Crippen LogP contribution in [0.5, 0.6) is 0 Å². The number of amides is 1. The number of carbonyl (C=O) groups is 1. The molecule has 1 aromatic carbocycles. The van der Waals surface area contributed by atoms with Crippen LogP contribution in [0.1, 0.15) is 56.2 Å². The average molecular weight is 286 g/mol. The molecule has 1 saturated carbocycles. The van der Waals surface area contributed by atoms with E-state index in [1.54, 1.807) is 0 Å². The monoisotopic (exact) mass is 286 g/mol. The SMILES string of the molecule is CC1(CNC(=O)C2NCCc3ccccc32)CCCCC1. The summed E-state index contributed by atoms with van der Waals surface area (Å²) in [6.45, 7) is 4.01. The summed E-state index contributed by atoms with van der Waals surface area (Å²) in [7, 11) is 0. The second kappa shape index (κ2) is 6.18. The quantitative estimate of drug-likeness (QED) is 0.897. The second-order valence-electron chi connectivity index (χ2n) is 6.93. The zero-order valence-corrected chi connectivity index (χ0v) is 13.0. The van der Waals surface area contributed by atoms with Crippen molar-refractivity contribution in [2.75, 3.05) is 13.1 Å². The van der Waals surface area contributed by atoms with Gasteiger partial charge in [0.05, 0.1) is 0 Å². The first kappa shape index (κ1) is 14.6. The van der Waals surface area contributed by atoms with Crippen molar-refractivity contribution in [3.63, 3.8) is 0 Å². The number of hydrogen-bond donors (Lipinski definition) is 2. The first-order chi connectivity index (χ1) is 10.2. The van der Waals surface area contributed by atoms with Gasteiger partial charge in [0.25, 0.3) is 0 Å². The van der Waals surface area contributed by atoms with E-state index in [1.807, 2.05) is 6.07 Å². The molecule has 1 fully saturated rings. The molecule has 1 atom stereocenters. The third kappa shape index (κ3) is 3.29. The lowest BCUT2D eigenvalue weighted by Gasteiger charge is -2.34. The first-order valence-corrected chi connectivity index (χ1v) is 8.27. The lowest BCUT2D eigenvalue weighted by Crippen LogP contribution is -2.45. The lowest BCUT2D eigenvalue weighted by molar-refractivity contribution is -0.124. The van der Waals surface area contributed by atoms with Crippen LogP contribution in [0.3, 0.4) is 0 Å². The van der Waals surface area contributed by atoms with E-state index in [0.29, 0.717) is 5.41 Å². The number of hydrogen-bond acceptors (Lipinski definition) is 2. The van der Waals surface area contributed by atoms with E-state index in [0.717, 1.165) is 25.1 Å². The van der Waals surface area contributed by atoms with Crippen LogP contribution < -0.4 is 10.6 Å². The number of nitrogens with one attached hydrogen (secondary N) is 2. The maximum Gasteiger partial charge on any atom is 0.241 e. The highest BCUT2D eigenvalue weighted by Crippen LogP contribution is 2.35. The Morgan fingerprint density at radius 2 is 2.05 bits per heavy atom. The van der Waals surface area contributed by atoms with Crippen molar-refractivity contribution in [1.82, 2.24) is 10.6 Å². The Morgan fingerprint density at radius 3 is 2.86 bits per heavy atom.